The fraction of sp³-hybridized carbons (Fsp3) is 0.600. The van der Waals surface area contributed by atoms with Crippen LogP contribution in [0.3, 0.4) is 0 Å². The molecule has 182 valence electrons. The molecule has 12 heteroatoms. The van der Waals surface area contributed by atoms with Gasteiger partial charge in [0.25, 0.3) is 0 Å². The third kappa shape index (κ3) is 14.6. The van der Waals surface area contributed by atoms with E-state index in [0.717, 1.165) is 12.0 Å². The molecule has 2 atom stereocenters. The van der Waals surface area contributed by atoms with E-state index < -0.39 is 32.1 Å². The summed E-state index contributed by atoms with van der Waals surface area (Å²) in [5.74, 6) is -1.00. The van der Waals surface area contributed by atoms with Crippen LogP contribution in [0.15, 0.2) is 30.3 Å². The predicted octanol–water partition coefficient (Wildman–Crippen LogP) is 1.76. The van der Waals surface area contributed by atoms with Crippen molar-refractivity contribution in [2.75, 3.05) is 57.8 Å². The Hall–Kier alpha value is -1.46. The third-order valence-electron chi connectivity index (χ3n) is 3.84. The minimum absolute atomic E-state index is 0.0205. The maximum absolute atomic E-state index is 12.4. The lowest BCUT2D eigenvalue weighted by molar-refractivity contribution is -0.142. The van der Waals surface area contributed by atoms with E-state index in [4.69, 9.17) is 23.6 Å². The number of nitrogens with one attached hydrogen (secondary N) is 1. The predicted molar refractivity (Wildman–Crippen MR) is 121 cm³/mol. The molecule has 0 fully saturated rings. The molecule has 0 saturated heterocycles. The number of aliphatic hydroxyl groups excluding tert-OH is 1. The van der Waals surface area contributed by atoms with Gasteiger partial charge in [0.05, 0.1) is 45.4 Å². The van der Waals surface area contributed by atoms with Gasteiger partial charge in [0.2, 0.25) is 5.91 Å². The summed E-state index contributed by atoms with van der Waals surface area (Å²) in [5.41, 5.74) is 0.804. The molecule has 1 rings (SSSR count). The number of benzene rings is 1. The second-order valence-electron chi connectivity index (χ2n) is 6.64. The summed E-state index contributed by atoms with van der Waals surface area (Å²) in [6.45, 7) is 2.47. The summed E-state index contributed by atoms with van der Waals surface area (Å²) in [7, 11) is -3.50. The van der Waals surface area contributed by atoms with Crippen molar-refractivity contribution in [3.05, 3.63) is 35.9 Å². The molecule has 0 saturated carbocycles. The highest BCUT2D eigenvalue weighted by atomic mass is 32.2. The van der Waals surface area contributed by atoms with Gasteiger partial charge in [-0.2, -0.15) is 11.8 Å². The first-order valence-corrected chi connectivity index (χ1v) is 13.3. The molecule has 0 radical (unpaired) electrons. The average Bonchev–Trinajstić information content (AvgIpc) is 2.77. The maximum atomic E-state index is 12.4. The topological polar surface area (TPSA) is 141 Å². The number of amides is 1. The molecule has 0 spiro atoms. The molecule has 0 aliphatic rings. The number of carbonyl (C=O) groups excluding carboxylic acids is 1. The van der Waals surface area contributed by atoms with Crippen LogP contribution < -0.4 is 5.32 Å². The highest BCUT2D eigenvalue weighted by Gasteiger charge is 2.25. The number of carboxylic acid groups (broad SMARTS) is 1. The lowest BCUT2D eigenvalue weighted by Gasteiger charge is -2.18. The molecule has 10 nitrogen and oxygen atoms in total. The van der Waals surface area contributed by atoms with Crippen LogP contribution in [0, 0.1) is 0 Å². The van der Waals surface area contributed by atoms with E-state index in [2.05, 4.69) is 5.32 Å². The van der Waals surface area contributed by atoms with Crippen LogP contribution in [0.2, 0.25) is 0 Å². The highest BCUT2D eigenvalue weighted by molar-refractivity contribution is 7.99. The first kappa shape index (κ1) is 28.6. The molecular formula is C20H32NO9PS. The minimum atomic E-state index is -3.50. The van der Waals surface area contributed by atoms with Crippen molar-refractivity contribution >= 4 is 31.2 Å². The number of thioether (sulfide) groups is 1. The van der Waals surface area contributed by atoms with Gasteiger partial charge >= 0.3 is 13.6 Å². The summed E-state index contributed by atoms with van der Waals surface area (Å²) >= 11 is 1.35. The normalized spacial score (nSPS) is 13.9. The van der Waals surface area contributed by atoms with Crippen LogP contribution in [-0.4, -0.2) is 85.9 Å². The van der Waals surface area contributed by atoms with E-state index in [9.17, 15) is 19.3 Å². The van der Waals surface area contributed by atoms with Gasteiger partial charge in [-0.3, -0.25) is 9.36 Å². The molecule has 0 aliphatic carbocycles. The van der Waals surface area contributed by atoms with Crippen molar-refractivity contribution in [2.24, 2.45) is 0 Å². The van der Waals surface area contributed by atoms with Crippen LogP contribution in [-0.2, 0) is 39.3 Å². The van der Waals surface area contributed by atoms with Crippen molar-refractivity contribution in [1.29, 1.82) is 0 Å². The van der Waals surface area contributed by atoms with Gasteiger partial charge in [-0.1, -0.05) is 30.3 Å². The SMILES string of the molecule is CP(=O)(OCc1ccccc1)OCC(NC(=O)CSCCCOCCOCCO)C(=O)O. The average molecular weight is 494 g/mol. The molecule has 1 aromatic rings. The molecule has 1 aromatic carbocycles. The van der Waals surface area contributed by atoms with Gasteiger partial charge in [-0.05, 0) is 17.7 Å². The number of hydrogen-bond acceptors (Lipinski definition) is 9. The number of carboxylic acids is 1. The Morgan fingerprint density at radius 1 is 1.09 bits per heavy atom. The fourth-order valence-electron chi connectivity index (χ4n) is 2.24. The van der Waals surface area contributed by atoms with Crippen molar-refractivity contribution in [1.82, 2.24) is 5.32 Å². The Bertz CT molecular complexity index is 708. The van der Waals surface area contributed by atoms with Gasteiger partial charge in [0.15, 0.2) is 6.04 Å². The summed E-state index contributed by atoms with van der Waals surface area (Å²) in [5, 5.41) is 20.2. The summed E-state index contributed by atoms with van der Waals surface area (Å²) in [6.07, 6.45) is 0.723. The molecule has 0 aliphatic heterocycles. The second kappa shape index (κ2) is 17.1. The largest absolute Gasteiger partial charge is 0.480 e. The van der Waals surface area contributed by atoms with E-state index in [1.807, 2.05) is 18.2 Å². The summed E-state index contributed by atoms with van der Waals surface area (Å²) in [4.78, 5) is 23.4. The quantitative estimate of drug-likeness (QED) is 0.193. The standard InChI is InChI=1S/C20H32NO9PS/c1-31(26,29-14-17-6-3-2-4-7-17)30-15-18(20(24)25)21-19(23)16-32-13-5-9-27-11-12-28-10-8-22/h2-4,6-7,18,22H,5,8-16H2,1H3,(H,21,23)(H,24,25). The Morgan fingerprint density at radius 3 is 2.44 bits per heavy atom. The van der Waals surface area contributed by atoms with Crippen LogP contribution in [0.4, 0.5) is 0 Å². The summed E-state index contributed by atoms with van der Waals surface area (Å²) < 4.78 is 33.2. The lowest BCUT2D eigenvalue weighted by atomic mass is 10.2. The number of aliphatic hydroxyl groups is 1. The Labute approximate surface area is 192 Å². The Morgan fingerprint density at radius 2 is 1.78 bits per heavy atom. The van der Waals surface area contributed by atoms with Crippen molar-refractivity contribution in [3.8, 4) is 0 Å². The van der Waals surface area contributed by atoms with Gasteiger partial charge in [-0.25, -0.2) is 4.79 Å². The van der Waals surface area contributed by atoms with Gasteiger partial charge in [0.1, 0.15) is 0 Å². The molecule has 0 bridgehead atoms. The zero-order valence-corrected chi connectivity index (χ0v) is 19.9. The molecule has 0 aromatic heterocycles. The maximum Gasteiger partial charge on any atom is 0.328 e. The zero-order valence-electron chi connectivity index (χ0n) is 18.1. The van der Waals surface area contributed by atoms with Gasteiger partial charge in [-0.15, -0.1) is 0 Å². The lowest BCUT2D eigenvalue weighted by Crippen LogP contribution is -2.44. The van der Waals surface area contributed by atoms with E-state index >= 15 is 0 Å². The number of hydrogen-bond donors (Lipinski definition) is 3. The molecule has 0 heterocycles. The third-order valence-corrected chi connectivity index (χ3v) is 6.10. The van der Waals surface area contributed by atoms with Crippen LogP contribution in [0.5, 0.6) is 0 Å². The zero-order chi connectivity index (χ0) is 23.7. The van der Waals surface area contributed by atoms with Crippen molar-refractivity contribution in [2.45, 2.75) is 19.1 Å². The van der Waals surface area contributed by atoms with Crippen LogP contribution in [0.25, 0.3) is 0 Å². The van der Waals surface area contributed by atoms with E-state index in [0.29, 0.717) is 25.6 Å². The van der Waals surface area contributed by atoms with Crippen molar-refractivity contribution in [3.63, 3.8) is 0 Å². The molecule has 1 amide bonds. The molecule has 3 N–H and O–H groups in total. The Kier molecular flexibility index (Phi) is 15.2. The summed E-state index contributed by atoms with van der Waals surface area (Å²) in [6, 6.07) is 7.75. The minimum Gasteiger partial charge on any atom is -0.480 e. The first-order chi connectivity index (χ1) is 15.3. The monoisotopic (exact) mass is 493 g/mol. The molecule has 2 unspecified atom stereocenters. The first-order valence-electron chi connectivity index (χ1n) is 10.1. The molecular weight excluding hydrogens is 461 g/mol. The number of ether oxygens (including phenoxy) is 2. The highest BCUT2D eigenvalue weighted by Crippen LogP contribution is 2.44. The van der Waals surface area contributed by atoms with Gasteiger partial charge in [0, 0.05) is 13.3 Å². The number of aliphatic carboxylic acids is 1. The van der Waals surface area contributed by atoms with E-state index in [-0.39, 0.29) is 25.6 Å². The van der Waals surface area contributed by atoms with Gasteiger partial charge < -0.3 is 34.1 Å². The van der Waals surface area contributed by atoms with E-state index in [1.165, 1.54) is 18.4 Å². The van der Waals surface area contributed by atoms with Crippen LogP contribution in [0.1, 0.15) is 12.0 Å². The van der Waals surface area contributed by atoms with Crippen LogP contribution >= 0.6 is 19.4 Å². The number of carbonyl (C=O) groups is 2. The number of rotatable bonds is 19. The Balaban J connectivity index is 2.21. The molecule has 32 heavy (non-hydrogen) atoms. The van der Waals surface area contributed by atoms with E-state index in [1.54, 1.807) is 12.1 Å². The van der Waals surface area contributed by atoms with Crippen molar-refractivity contribution < 1.29 is 42.9 Å². The smallest absolute Gasteiger partial charge is 0.328 e. The fourth-order valence-corrected chi connectivity index (χ4v) is 3.85. The second-order valence-corrected chi connectivity index (χ2v) is 9.80.